The van der Waals surface area contributed by atoms with E-state index in [0.29, 0.717) is 0 Å². The molecule has 0 nitrogen and oxygen atoms in total. The van der Waals surface area contributed by atoms with Gasteiger partial charge in [0.25, 0.3) is 0 Å². The Kier molecular flexibility index (Phi) is 0.988. The summed E-state index contributed by atoms with van der Waals surface area (Å²) >= 11 is 0. The van der Waals surface area contributed by atoms with Gasteiger partial charge in [0.05, 0.1) is 0 Å². The van der Waals surface area contributed by atoms with Crippen LogP contribution in [-0.4, -0.2) is 0 Å². The van der Waals surface area contributed by atoms with Crippen molar-refractivity contribution in [3.8, 4) is 0 Å². The Morgan fingerprint density at radius 3 is 2.73 bits per heavy atom. The third-order valence-corrected chi connectivity index (χ3v) is 3.69. The zero-order valence-corrected chi connectivity index (χ0v) is 7.01. The maximum absolute atomic E-state index is 2.33. The SMILES string of the molecule is CCCC1CC2C3=C(C=C3)C12. The molecule has 0 radical (unpaired) electrons. The lowest BCUT2D eigenvalue weighted by molar-refractivity contribution is 0.0895. The van der Waals surface area contributed by atoms with Gasteiger partial charge in [0, 0.05) is 0 Å². The Morgan fingerprint density at radius 2 is 2.18 bits per heavy atom. The molecule has 3 aliphatic rings. The standard InChI is InChI=1S/C11H14/c1-2-3-7-6-10-8-4-5-9(8)11(7)10/h4-5,7,10-11H,2-3,6H2,1H3. The summed E-state index contributed by atoms with van der Waals surface area (Å²) in [7, 11) is 0. The number of fused-ring (bicyclic) bond motifs is 3. The van der Waals surface area contributed by atoms with Crippen molar-refractivity contribution in [3.63, 3.8) is 0 Å². The van der Waals surface area contributed by atoms with Crippen LogP contribution in [0.15, 0.2) is 23.3 Å². The molecule has 3 rings (SSSR count). The molecule has 3 atom stereocenters. The van der Waals surface area contributed by atoms with Crippen molar-refractivity contribution in [2.75, 3.05) is 0 Å². The summed E-state index contributed by atoms with van der Waals surface area (Å²) in [6, 6.07) is 0. The fourth-order valence-electron chi connectivity index (χ4n) is 3.03. The lowest BCUT2D eigenvalue weighted by Gasteiger charge is -2.57. The van der Waals surface area contributed by atoms with Crippen LogP contribution in [0.1, 0.15) is 26.2 Å². The van der Waals surface area contributed by atoms with E-state index in [0.717, 1.165) is 17.8 Å². The molecule has 0 aromatic heterocycles. The smallest absolute Gasteiger partial charge is 0.00615 e. The van der Waals surface area contributed by atoms with Crippen molar-refractivity contribution >= 4 is 0 Å². The second kappa shape index (κ2) is 1.80. The Balaban J connectivity index is 1.73. The van der Waals surface area contributed by atoms with Gasteiger partial charge in [-0.25, -0.2) is 0 Å². The van der Waals surface area contributed by atoms with E-state index < -0.39 is 0 Å². The summed E-state index contributed by atoms with van der Waals surface area (Å²) in [5.41, 5.74) is 3.43. The molecule has 0 saturated heterocycles. The molecular weight excluding hydrogens is 132 g/mol. The van der Waals surface area contributed by atoms with Crippen molar-refractivity contribution in [2.45, 2.75) is 26.2 Å². The van der Waals surface area contributed by atoms with Gasteiger partial charge in [-0.3, -0.25) is 0 Å². The zero-order valence-electron chi connectivity index (χ0n) is 7.01. The third kappa shape index (κ3) is 0.535. The fourth-order valence-corrected chi connectivity index (χ4v) is 3.03. The molecule has 0 spiro atoms. The van der Waals surface area contributed by atoms with Gasteiger partial charge in [-0.05, 0) is 35.3 Å². The largest absolute Gasteiger partial charge is 0.0654 e. The van der Waals surface area contributed by atoms with E-state index in [9.17, 15) is 0 Å². The van der Waals surface area contributed by atoms with E-state index in [-0.39, 0.29) is 0 Å². The molecule has 0 aliphatic heterocycles. The molecule has 3 unspecified atom stereocenters. The van der Waals surface area contributed by atoms with Crippen LogP contribution in [0.25, 0.3) is 0 Å². The second-order valence-corrected chi connectivity index (χ2v) is 4.16. The molecule has 1 fully saturated rings. The molecule has 0 heteroatoms. The first-order valence-electron chi connectivity index (χ1n) is 4.84. The van der Waals surface area contributed by atoms with Crippen LogP contribution in [0, 0.1) is 17.8 Å². The minimum atomic E-state index is 1.02. The predicted octanol–water partition coefficient (Wildman–Crippen LogP) is 2.92. The number of allylic oxidation sites excluding steroid dienone is 4. The van der Waals surface area contributed by atoms with Crippen LogP contribution >= 0.6 is 0 Å². The molecule has 11 heavy (non-hydrogen) atoms. The van der Waals surface area contributed by atoms with E-state index in [2.05, 4.69) is 19.1 Å². The molecule has 0 heterocycles. The van der Waals surface area contributed by atoms with Crippen LogP contribution in [0.2, 0.25) is 0 Å². The Bertz CT molecular complexity index is 257. The molecule has 0 bridgehead atoms. The van der Waals surface area contributed by atoms with Crippen molar-refractivity contribution in [2.24, 2.45) is 17.8 Å². The van der Waals surface area contributed by atoms with E-state index >= 15 is 0 Å². The van der Waals surface area contributed by atoms with Crippen LogP contribution < -0.4 is 0 Å². The summed E-state index contributed by atoms with van der Waals surface area (Å²) in [6.07, 6.45) is 8.99. The van der Waals surface area contributed by atoms with Crippen LogP contribution in [0.4, 0.5) is 0 Å². The quantitative estimate of drug-likeness (QED) is 0.562. The first-order chi connectivity index (χ1) is 5.42. The minimum Gasteiger partial charge on any atom is -0.0654 e. The highest BCUT2D eigenvalue weighted by Crippen LogP contribution is 2.62. The van der Waals surface area contributed by atoms with Gasteiger partial charge < -0.3 is 0 Å². The summed E-state index contributed by atoms with van der Waals surface area (Å²) < 4.78 is 0. The number of hydrogen-bond donors (Lipinski definition) is 0. The van der Waals surface area contributed by atoms with Crippen molar-refractivity contribution in [3.05, 3.63) is 23.3 Å². The molecule has 0 amide bonds. The lowest BCUT2D eigenvalue weighted by atomic mass is 9.47. The van der Waals surface area contributed by atoms with E-state index in [1.54, 1.807) is 11.1 Å². The average Bonchev–Trinajstić information content (AvgIpc) is 1.96. The topological polar surface area (TPSA) is 0 Å². The van der Waals surface area contributed by atoms with Crippen molar-refractivity contribution < 1.29 is 0 Å². The van der Waals surface area contributed by atoms with Crippen molar-refractivity contribution in [1.82, 2.24) is 0 Å². The average molecular weight is 146 g/mol. The van der Waals surface area contributed by atoms with Gasteiger partial charge in [-0.15, -0.1) is 0 Å². The van der Waals surface area contributed by atoms with Gasteiger partial charge in [0.2, 0.25) is 0 Å². The molecule has 0 aromatic carbocycles. The van der Waals surface area contributed by atoms with E-state index in [4.69, 9.17) is 0 Å². The second-order valence-electron chi connectivity index (χ2n) is 4.16. The van der Waals surface area contributed by atoms with Gasteiger partial charge in [-0.2, -0.15) is 0 Å². The zero-order chi connectivity index (χ0) is 7.42. The van der Waals surface area contributed by atoms with Crippen molar-refractivity contribution in [1.29, 1.82) is 0 Å². The molecule has 0 N–H and O–H groups in total. The Morgan fingerprint density at radius 1 is 1.36 bits per heavy atom. The first-order valence-corrected chi connectivity index (χ1v) is 4.84. The minimum absolute atomic E-state index is 1.02. The Hall–Kier alpha value is -0.520. The normalized spacial score (nSPS) is 43.5. The van der Waals surface area contributed by atoms with Gasteiger partial charge in [0.15, 0.2) is 0 Å². The lowest BCUT2D eigenvalue weighted by Crippen LogP contribution is -2.48. The number of rotatable bonds is 2. The molecule has 3 aliphatic carbocycles. The number of hydrogen-bond acceptors (Lipinski definition) is 0. The summed E-state index contributed by atoms with van der Waals surface area (Å²) in [6.45, 7) is 2.30. The maximum Gasteiger partial charge on any atom is -0.00615 e. The summed E-state index contributed by atoms with van der Waals surface area (Å²) in [5, 5.41) is 0. The fraction of sp³-hybridized carbons (Fsp3) is 0.636. The molecule has 58 valence electrons. The van der Waals surface area contributed by atoms with Crippen LogP contribution in [-0.2, 0) is 0 Å². The predicted molar refractivity (Wildman–Crippen MR) is 46.2 cm³/mol. The van der Waals surface area contributed by atoms with E-state index in [1.807, 2.05) is 0 Å². The van der Waals surface area contributed by atoms with Crippen LogP contribution in [0.5, 0.6) is 0 Å². The summed E-state index contributed by atoms with van der Waals surface area (Å²) in [4.78, 5) is 0. The Labute approximate surface area is 68.0 Å². The van der Waals surface area contributed by atoms with E-state index in [1.165, 1.54) is 19.3 Å². The summed E-state index contributed by atoms with van der Waals surface area (Å²) in [5.74, 6) is 3.11. The molecule has 0 aromatic rings. The first kappa shape index (κ1) is 6.05. The highest BCUT2D eigenvalue weighted by atomic mass is 14.6. The molecule has 1 saturated carbocycles. The van der Waals surface area contributed by atoms with Gasteiger partial charge >= 0.3 is 0 Å². The monoisotopic (exact) mass is 146 g/mol. The molecular formula is C11H14. The highest BCUT2D eigenvalue weighted by Gasteiger charge is 2.52. The highest BCUT2D eigenvalue weighted by molar-refractivity contribution is 5.58. The third-order valence-electron chi connectivity index (χ3n) is 3.69. The maximum atomic E-state index is 2.33. The van der Waals surface area contributed by atoms with Crippen LogP contribution in [0.3, 0.4) is 0 Å². The van der Waals surface area contributed by atoms with Gasteiger partial charge in [0.1, 0.15) is 0 Å². The van der Waals surface area contributed by atoms with Gasteiger partial charge in [-0.1, -0.05) is 31.9 Å².